The summed E-state index contributed by atoms with van der Waals surface area (Å²) in [6.07, 6.45) is -0.217. The Balaban J connectivity index is 0.00000184. The topological polar surface area (TPSA) is 36.0 Å². The molecule has 166 valence electrons. The molecule has 1 aliphatic heterocycles. The average molecular weight is 424 g/mol. The maximum Gasteiger partial charge on any atom is 0.410 e. The number of benzene rings is 1. The SMILES string of the molecule is CC.CC.CN(C)C(=S)c1cccc(CN2CCN(C(=O)OC(C)(C)C)CC2)c1. The van der Waals surface area contributed by atoms with Gasteiger partial charge in [0.15, 0.2) is 0 Å². The van der Waals surface area contributed by atoms with E-state index in [4.69, 9.17) is 17.0 Å². The van der Waals surface area contributed by atoms with E-state index >= 15 is 0 Å². The smallest absolute Gasteiger partial charge is 0.410 e. The molecule has 0 bridgehead atoms. The number of hydrogen-bond donors (Lipinski definition) is 0. The standard InChI is InChI=1S/C19H29N3O2S.2C2H6/c1-19(2,3)24-18(23)22-11-9-21(10-12-22)14-15-7-6-8-16(13-15)17(25)20(4)5;2*1-2/h6-8,13H,9-12,14H2,1-5H3;2*1-2H3. The molecular formula is C23H41N3O2S. The van der Waals surface area contributed by atoms with Crippen LogP contribution < -0.4 is 0 Å². The zero-order valence-corrected chi connectivity index (χ0v) is 20.7. The van der Waals surface area contributed by atoms with Gasteiger partial charge < -0.3 is 14.5 Å². The second-order valence-electron chi connectivity index (χ2n) is 7.64. The van der Waals surface area contributed by atoms with Crippen molar-refractivity contribution in [1.29, 1.82) is 0 Å². The largest absolute Gasteiger partial charge is 0.444 e. The van der Waals surface area contributed by atoms with Gasteiger partial charge in [-0.3, -0.25) is 4.90 Å². The number of thiocarbonyl (C=S) groups is 1. The van der Waals surface area contributed by atoms with Crippen molar-refractivity contribution in [1.82, 2.24) is 14.7 Å². The first-order valence-electron chi connectivity index (χ1n) is 10.7. The van der Waals surface area contributed by atoms with Crippen LogP contribution in [0, 0.1) is 0 Å². The summed E-state index contributed by atoms with van der Waals surface area (Å²) in [6, 6.07) is 8.38. The van der Waals surface area contributed by atoms with Crippen LogP contribution in [0.25, 0.3) is 0 Å². The first-order valence-corrected chi connectivity index (χ1v) is 11.1. The third-order valence-electron chi connectivity index (χ3n) is 4.01. The van der Waals surface area contributed by atoms with E-state index < -0.39 is 5.60 Å². The molecule has 0 spiro atoms. The molecule has 1 amide bonds. The van der Waals surface area contributed by atoms with E-state index in [-0.39, 0.29) is 6.09 Å². The molecule has 6 heteroatoms. The lowest BCUT2D eigenvalue weighted by Gasteiger charge is -2.35. The summed E-state index contributed by atoms with van der Waals surface area (Å²) in [5.41, 5.74) is 1.87. The predicted molar refractivity (Wildman–Crippen MR) is 128 cm³/mol. The number of ether oxygens (including phenoxy) is 1. The number of rotatable bonds is 3. The highest BCUT2D eigenvalue weighted by atomic mass is 32.1. The van der Waals surface area contributed by atoms with E-state index in [1.165, 1.54) is 5.56 Å². The second kappa shape index (κ2) is 13.5. The molecule has 0 aromatic heterocycles. The number of nitrogens with zero attached hydrogens (tertiary/aromatic N) is 3. The Bertz CT molecular complexity index is 619. The Labute approximate surface area is 184 Å². The minimum Gasteiger partial charge on any atom is -0.444 e. The van der Waals surface area contributed by atoms with Gasteiger partial charge in [-0.05, 0) is 32.4 Å². The molecule has 0 radical (unpaired) electrons. The summed E-state index contributed by atoms with van der Waals surface area (Å²) in [5.74, 6) is 0. The zero-order valence-electron chi connectivity index (χ0n) is 19.9. The zero-order chi connectivity index (χ0) is 22.6. The van der Waals surface area contributed by atoms with Crippen molar-refractivity contribution in [2.75, 3.05) is 40.3 Å². The molecule has 0 aliphatic carbocycles. The summed E-state index contributed by atoms with van der Waals surface area (Å²) in [5, 5.41) is 0. The van der Waals surface area contributed by atoms with Crippen LogP contribution in [0.1, 0.15) is 59.6 Å². The van der Waals surface area contributed by atoms with Crippen molar-refractivity contribution >= 4 is 23.3 Å². The quantitative estimate of drug-likeness (QED) is 0.637. The van der Waals surface area contributed by atoms with E-state index in [0.717, 1.165) is 30.2 Å². The maximum absolute atomic E-state index is 12.1. The Morgan fingerprint density at radius 2 is 1.62 bits per heavy atom. The van der Waals surface area contributed by atoms with Gasteiger partial charge in [0.25, 0.3) is 0 Å². The van der Waals surface area contributed by atoms with Gasteiger partial charge >= 0.3 is 6.09 Å². The molecule has 1 aliphatic rings. The van der Waals surface area contributed by atoms with Crippen molar-refractivity contribution in [3.8, 4) is 0 Å². The Hall–Kier alpha value is -1.66. The minimum absolute atomic E-state index is 0.217. The van der Waals surface area contributed by atoms with Gasteiger partial charge in [0.05, 0.1) is 0 Å². The van der Waals surface area contributed by atoms with Crippen LogP contribution in [-0.4, -0.2) is 71.7 Å². The molecule has 29 heavy (non-hydrogen) atoms. The Kier molecular flexibility index (Phi) is 12.8. The summed E-state index contributed by atoms with van der Waals surface area (Å²) in [6.45, 7) is 17.6. The van der Waals surface area contributed by atoms with E-state index in [1.54, 1.807) is 4.90 Å². The van der Waals surface area contributed by atoms with Crippen LogP contribution in [0.4, 0.5) is 4.79 Å². The number of carbonyl (C=O) groups is 1. The van der Waals surface area contributed by atoms with Crippen molar-refractivity contribution < 1.29 is 9.53 Å². The normalized spacial score (nSPS) is 14.0. The molecule has 0 unspecified atom stereocenters. The third-order valence-corrected chi connectivity index (χ3v) is 4.61. The lowest BCUT2D eigenvalue weighted by Crippen LogP contribution is -2.49. The highest BCUT2D eigenvalue weighted by Gasteiger charge is 2.25. The monoisotopic (exact) mass is 423 g/mol. The highest BCUT2D eigenvalue weighted by molar-refractivity contribution is 7.80. The third kappa shape index (κ3) is 10.1. The first-order chi connectivity index (χ1) is 13.7. The van der Waals surface area contributed by atoms with Gasteiger partial charge in [-0.1, -0.05) is 58.1 Å². The molecule has 2 rings (SSSR count). The van der Waals surface area contributed by atoms with E-state index in [0.29, 0.717) is 13.1 Å². The maximum atomic E-state index is 12.1. The molecule has 5 nitrogen and oxygen atoms in total. The molecule has 1 aromatic rings. The number of carbonyl (C=O) groups excluding carboxylic acids is 1. The van der Waals surface area contributed by atoms with Crippen molar-refractivity contribution in [3.63, 3.8) is 0 Å². The average Bonchev–Trinajstić information content (AvgIpc) is 2.70. The van der Waals surface area contributed by atoms with Crippen LogP contribution in [0.5, 0.6) is 0 Å². The van der Waals surface area contributed by atoms with Crippen LogP contribution in [-0.2, 0) is 11.3 Å². The summed E-state index contributed by atoms with van der Waals surface area (Å²) >= 11 is 5.45. The molecule has 0 saturated carbocycles. The number of hydrogen-bond acceptors (Lipinski definition) is 4. The van der Waals surface area contributed by atoms with Gasteiger partial charge in [-0.15, -0.1) is 0 Å². The van der Waals surface area contributed by atoms with Crippen molar-refractivity contribution in [2.45, 2.75) is 60.6 Å². The van der Waals surface area contributed by atoms with Crippen LogP contribution in [0.3, 0.4) is 0 Å². The lowest BCUT2D eigenvalue weighted by molar-refractivity contribution is 0.0139. The summed E-state index contributed by atoms with van der Waals surface area (Å²) in [4.78, 5) is 19.1. The van der Waals surface area contributed by atoms with E-state index in [9.17, 15) is 4.79 Å². The number of amides is 1. The van der Waals surface area contributed by atoms with Gasteiger partial charge in [0, 0.05) is 52.4 Å². The lowest BCUT2D eigenvalue weighted by atomic mass is 10.1. The molecule has 1 aromatic carbocycles. The molecule has 1 heterocycles. The molecule has 1 saturated heterocycles. The molecular weight excluding hydrogens is 382 g/mol. The predicted octanol–water partition coefficient (Wildman–Crippen LogP) is 5.03. The van der Waals surface area contributed by atoms with E-state index in [1.807, 2.05) is 73.5 Å². The summed E-state index contributed by atoms with van der Waals surface area (Å²) < 4.78 is 5.44. The fraction of sp³-hybridized carbons (Fsp3) is 0.652. The number of piperazine rings is 1. The van der Waals surface area contributed by atoms with Gasteiger partial charge in [-0.2, -0.15) is 0 Å². The molecule has 1 fully saturated rings. The van der Waals surface area contributed by atoms with Crippen LogP contribution >= 0.6 is 12.2 Å². The second-order valence-corrected chi connectivity index (χ2v) is 8.03. The van der Waals surface area contributed by atoms with Crippen molar-refractivity contribution in [3.05, 3.63) is 35.4 Å². The van der Waals surface area contributed by atoms with Crippen molar-refractivity contribution in [2.24, 2.45) is 0 Å². The van der Waals surface area contributed by atoms with Gasteiger partial charge in [-0.25, -0.2) is 4.79 Å². The van der Waals surface area contributed by atoms with Crippen LogP contribution in [0.2, 0.25) is 0 Å². The Morgan fingerprint density at radius 3 is 2.10 bits per heavy atom. The summed E-state index contributed by atoms with van der Waals surface area (Å²) in [7, 11) is 3.93. The fourth-order valence-electron chi connectivity index (χ4n) is 2.73. The highest BCUT2D eigenvalue weighted by Crippen LogP contribution is 2.15. The fourth-order valence-corrected chi connectivity index (χ4v) is 2.86. The minimum atomic E-state index is -0.445. The van der Waals surface area contributed by atoms with Gasteiger partial charge in [0.2, 0.25) is 0 Å². The molecule has 0 N–H and O–H groups in total. The van der Waals surface area contributed by atoms with Gasteiger partial charge in [0.1, 0.15) is 10.6 Å². The molecule has 0 atom stereocenters. The first kappa shape index (κ1) is 27.3. The van der Waals surface area contributed by atoms with E-state index in [2.05, 4.69) is 23.1 Å². The Morgan fingerprint density at radius 1 is 1.07 bits per heavy atom. The van der Waals surface area contributed by atoms with Crippen LogP contribution in [0.15, 0.2) is 24.3 Å².